The minimum atomic E-state index is -4.54. The molecule has 6 nitrogen and oxygen atoms in total. The fraction of sp³-hybridized carbons (Fsp3) is 0.471. The molecule has 1 N–H and O–H groups in total. The van der Waals surface area contributed by atoms with E-state index in [9.17, 15) is 31.9 Å². The second-order valence-electron chi connectivity index (χ2n) is 6.07. The fourth-order valence-electron chi connectivity index (χ4n) is 2.60. The summed E-state index contributed by atoms with van der Waals surface area (Å²) in [4.78, 5) is 37.0. The Hall–Kier alpha value is -2.65. The van der Waals surface area contributed by atoms with Crippen molar-refractivity contribution >= 4 is 17.8 Å². The number of carbonyl (C=O) groups is 3. The fourth-order valence-corrected chi connectivity index (χ4v) is 2.60. The topological polar surface area (TPSA) is 75.7 Å². The van der Waals surface area contributed by atoms with E-state index in [1.54, 1.807) is 5.32 Å². The van der Waals surface area contributed by atoms with Crippen molar-refractivity contribution in [3.63, 3.8) is 0 Å². The van der Waals surface area contributed by atoms with E-state index in [1.165, 1.54) is 29.2 Å². The maximum Gasteiger partial charge on any atom is 0.405 e. The number of nitrogens with one attached hydrogen (secondary N) is 1. The standard InChI is InChI=1S/C17H18F4N2O4/c18-13-3-1-11(2-4-13)15(25)23-7-5-12(6-8-23)16(26)27-9-14(24)22-10-17(19,20)21/h1-4,12H,5-10H2,(H,22,24). The van der Waals surface area contributed by atoms with E-state index >= 15 is 0 Å². The van der Waals surface area contributed by atoms with Crippen molar-refractivity contribution in [3.8, 4) is 0 Å². The minimum Gasteiger partial charge on any atom is -0.455 e. The highest BCUT2D eigenvalue weighted by atomic mass is 19.4. The molecule has 0 saturated carbocycles. The average Bonchev–Trinajstić information content (AvgIpc) is 2.64. The Morgan fingerprint density at radius 2 is 1.70 bits per heavy atom. The van der Waals surface area contributed by atoms with Crippen molar-refractivity contribution < 1.29 is 36.7 Å². The summed E-state index contributed by atoms with van der Waals surface area (Å²) in [5.74, 6) is -3.01. The van der Waals surface area contributed by atoms with Gasteiger partial charge in [-0.1, -0.05) is 0 Å². The maximum absolute atomic E-state index is 12.9. The number of rotatable bonds is 5. The van der Waals surface area contributed by atoms with Crippen LogP contribution in [0.5, 0.6) is 0 Å². The molecule has 1 saturated heterocycles. The Morgan fingerprint density at radius 3 is 2.26 bits per heavy atom. The molecule has 148 valence electrons. The van der Waals surface area contributed by atoms with Crippen LogP contribution in [-0.4, -0.2) is 55.1 Å². The van der Waals surface area contributed by atoms with Gasteiger partial charge in [0.2, 0.25) is 0 Å². The van der Waals surface area contributed by atoms with Crippen molar-refractivity contribution in [1.82, 2.24) is 10.2 Å². The first kappa shape index (κ1) is 20.7. The van der Waals surface area contributed by atoms with Crippen LogP contribution in [-0.2, 0) is 14.3 Å². The molecule has 0 spiro atoms. The highest BCUT2D eigenvalue weighted by Gasteiger charge is 2.30. The lowest BCUT2D eigenvalue weighted by Gasteiger charge is -2.31. The van der Waals surface area contributed by atoms with Crippen LogP contribution in [0.15, 0.2) is 24.3 Å². The third-order valence-corrected chi connectivity index (χ3v) is 4.04. The third kappa shape index (κ3) is 6.54. The van der Waals surface area contributed by atoms with Gasteiger partial charge in [-0.25, -0.2) is 4.39 Å². The lowest BCUT2D eigenvalue weighted by molar-refractivity contribution is -0.155. The third-order valence-electron chi connectivity index (χ3n) is 4.04. The zero-order valence-corrected chi connectivity index (χ0v) is 14.2. The highest BCUT2D eigenvalue weighted by molar-refractivity contribution is 5.94. The molecule has 27 heavy (non-hydrogen) atoms. The molecular weight excluding hydrogens is 372 g/mol. The number of nitrogens with zero attached hydrogens (tertiary/aromatic N) is 1. The largest absolute Gasteiger partial charge is 0.455 e. The van der Waals surface area contributed by atoms with E-state index in [0.29, 0.717) is 18.4 Å². The van der Waals surface area contributed by atoms with Gasteiger partial charge in [0.05, 0.1) is 5.92 Å². The lowest BCUT2D eigenvalue weighted by Crippen LogP contribution is -2.41. The van der Waals surface area contributed by atoms with Crippen molar-refractivity contribution in [2.75, 3.05) is 26.2 Å². The molecule has 0 aromatic heterocycles. The summed E-state index contributed by atoms with van der Waals surface area (Å²) in [5.41, 5.74) is 0.332. The summed E-state index contributed by atoms with van der Waals surface area (Å²) >= 11 is 0. The van der Waals surface area contributed by atoms with E-state index in [0.717, 1.165) is 0 Å². The number of benzene rings is 1. The van der Waals surface area contributed by atoms with Gasteiger partial charge in [-0.15, -0.1) is 0 Å². The number of ether oxygens (including phenoxy) is 1. The molecule has 2 amide bonds. The number of likely N-dealkylation sites (tertiary alicyclic amines) is 1. The number of piperidine rings is 1. The van der Waals surface area contributed by atoms with Crippen LogP contribution in [0, 0.1) is 11.7 Å². The van der Waals surface area contributed by atoms with E-state index < -0.39 is 42.9 Å². The van der Waals surface area contributed by atoms with Gasteiger partial charge in [0.15, 0.2) is 6.61 Å². The molecule has 1 aromatic carbocycles. The normalized spacial score (nSPS) is 15.3. The van der Waals surface area contributed by atoms with Gasteiger partial charge in [0.1, 0.15) is 12.4 Å². The molecule has 1 aliphatic heterocycles. The van der Waals surface area contributed by atoms with Crippen LogP contribution in [0.25, 0.3) is 0 Å². The van der Waals surface area contributed by atoms with Crippen LogP contribution in [0.4, 0.5) is 17.6 Å². The van der Waals surface area contributed by atoms with Crippen LogP contribution in [0.2, 0.25) is 0 Å². The number of alkyl halides is 3. The maximum atomic E-state index is 12.9. The predicted molar refractivity (Wildman–Crippen MR) is 85.1 cm³/mol. The summed E-state index contributed by atoms with van der Waals surface area (Å²) in [5, 5.41) is 1.60. The van der Waals surface area contributed by atoms with Gasteiger partial charge in [0.25, 0.3) is 11.8 Å². The Balaban J connectivity index is 1.74. The second kappa shape index (κ2) is 8.83. The monoisotopic (exact) mass is 390 g/mol. The first-order chi connectivity index (χ1) is 12.7. The molecule has 0 unspecified atom stereocenters. The summed E-state index contributed by atoms with van der Waals surface area (Å²) in [6.07, 6.45) is -3.94. The number of esters is 1. The van der Waals surface area contributed by atoms with Crippen LogP contribution >= 0.6 is 0 Å². The number of hydrogen-bond acceptors (Lipinski definition) is 4. The molecule has 0 radical (unpaired) electrons. The lowest BCUT2D eigenvalue weighted by atomic mass is 9.96. The SMILES string of the molecule is O=C(COC(=O)C1CCN(C(=O)c2ccc(F)cc2)CC1)NCC(F)(F)F. The smallest absolute Gasteiger partial charge is 0.405 e. The van der Waals surface area contributed by atoms with Crippen LogP contribution in [0.1, 0.15) is 23.2 Å². The quantitative estimate of drug-likeness (QED) is 0.616. The summed E-state index contributed by atoms with van der Waals surface area (Å²) in [7, 11) is 0. The van der Waals surface area contributed by atoms with Gasteiger partial charge in [-0.3, -0.25) is 14.4 Å². The molecule has 1 fully saturated rings. The zero-order chi connectivity index (χ0) is 20.0. The molecule has 10 heteroatoms. The summed E-state index contributed by atoms with van der Waals surface area (Å²) in [6, 6.07) is 5.11. The summed E-state index contributed by atoms with van der Waals surface area (Å²) in [6.45, 7) is -1.73. The highest BCUT2D eigenvalue weighted by Crippen LogP contribution is 2.20. The van der Waals surface area contributed by atoms with Gasteiger partial charge in [0, 0.05) is 18.7 Å². The molecule has 0 bridgehead atoms. The Labute approximate surface area is 152 Å². The molecule has 2 rings (SSSR count). The van der Waals surface area contributed by atoms with E-state index in [2.05, 4.69) is 0 Å². The number of hydrogen-bond donors (Lipinski definition) is 1. The Bertz CT molecular complexity index is 683. The average molecular weight is 390 g/mol. The number of amides is 2. The van der Waals surface area contributed by atoms with Crippen LogP contribution < -0.4 is 5.32 Å². The van der Waals surface area contributed by atoms with Gasteiger partial charge < -0.3 is 15.0 Å². The first-order valence-corrected chi connectivity index (χ1v) is 8.20. The first-order valence-electron chi connectivity index (χ1n) is 8.20. The van der Waals surface area contributed by atoms with Crippen molar-refractivity contribution in [3.05, 3.63) is 35.6 Å². The predicted octanol–water partition coefficient (Wildman–Crippen LogP) is 1.90. The molecular formula is C17H18F4N2O4. The van der Waals surface area contributed by atoms with Gasteiger partial charge in [-0.05, 0) is 37.1 Å². The minimum absolute atomic E-state index is 0.274. The molecule has 0 atom stereocenters. The molecule has 1 heterocycles. The molecule has 1 aliphatic rings. The second-order valence-corrected chi connectivity index (χ2v) is 6.07. The summed E-state index contributed by atoms with van der Waals surface area (Å²) < 4.78 is 53.6. The van der Waals surface area contributed by atoms with Gasteiger partial charge in [-0.2, -0.15) is 13.2 Å². The van der Waals surface area contributed by atoms with Crippen molar-refractivity contribution in [2.24, 2.45) is 5.92 Å². The van der Waals surface area contributed by atoms with E-state index in [4.69, 9.17) is 4.74 Å². The number of carbonyl (C=O) groups excluding carboxylic acids is 3. The molecule has 1 aromatic rings. The van der Waals surface area contributed by atoms with E-state index in [1.807, 2.05) is 0 Å². The van der Waals surface area contributed by atoms with Gasteiger partial charge >= 0.3 is 12.1 Å². The molecule has 0 aliphatic carbocycles. The van der Waals surface area contributed by atoms with Crippen LogP contribution in [0.3, 0.4) is 0 Å². The van der Waals surface area contributed by atoms with E-state index in [-0.39, 0.29) is 19.0 Å². The van der Waals surface area contributed by atoms with Crippen molar-refractivity contribution in [1.29, 1.82) is 0 Å². The Morgan fingerprint density at radius 1 is 1.11 bits per heavy atom. The zero-order valence-electron chi connectivity index (χ0n) is 14.2. The number of halogens is 4. The van der Waals surface area contributed by atoms with Crippen molar-refractivity contribution in [2.45, 2.75) is 19.0 Å². The Kier molecular flexibility index (Phi) is 6.75.